The molecule has 4 rings (SSSR count). The van der Waals surface area contributed by atoms with E-state index in [-0.39, 0.29) is 12.7 Å². The maximum Gasteiger partial charge on any atom is 0.311 e. The molecule has 0 saturated carbocycles. The molecule has 1 aromatic carbocycles. The average molecular weight is 425 g/mol. The van der Waals surface area contributed by atoms with Gasteiger partial charge in [-0.05, 0) is 51.0 Å². The van der Waals surface area contributed by atoms with Gasteiger partial charge in [-0.25, -0.2) is 9.97 Å². The molecule has 1 fully saturated rings. The van der Waals surface area contributed by atoms with Gasteiger partial charge in [0, 0.05) is 30.9 Å². The number of hydrogen-bond acceptors (Lipinski definition) is 6. The van der Waals surface area contributed by atoms with Gasteiger partial charge in [-0.3, -0.25) is 4.79 Å². The lowest BCUT2D eigenvalue weighted by atomic mass is 9.95. The van der Waals surface area contributed by atoms with Crippen LogP contribution >= 0.6 is 0 Å². The van der Waals surface area contributed by atoms with Crippen LogP contribution in [0.1, 0.15) is 26.7 Å². The van der Waals surface area contributed by atoms with E-state index in [1.165, 1.54) is 0 Å². The smallest absolute Gasteiger partial charge is 0.311 e. The number of ether oxygens (including phenoxy) is 2. The van der Waals surface area contributed by atoms with E-state index in [0.29, 0.717) is 0 Å². The zero-order chi connectivity index (χ0) is 22.0. The number of carboxylic acid groups (broad SMARTS) is 1. The minimum atomic E-state index is -0.865. The fraction of sp³-hybridized carbons (Fsp3) is 0.435. The molecule has 0 unspecified atom stereocenters. The van der Waals surface area contributed by atoms with Gasteiger partial charge in [0.05, 0.1) is 36.3 Å². The van der Waals surface area contributed by atoms with E-state index >= 15 is 0 Å². The number of imidazole rings is 1. The number of aromatic amines is 1. The topological polar surface area (TPSA) is 101 Å². The van der Waals surface area contributed by atoms with Crippen molar-refractivity contribution in [2.24, 2.45) is 5.41 Å². The number of nitrogens with zero attached hydrogens (tertiary/aromatic N) is 3. The molecule has 0 amide bonds. The van der Waals surface area contributed by atoms with Crippen molar-refractivity contribution in [2.45, 2.75) is 32.8 Å². The Balaban J connectivity index is 1.36. The first-order valence-corrected chi connectivity index (χ1v) is 10.5. The molecule has 0 spiro atoms. The summed E-state index contributed by atoms with van der Waals surface area (Å²) in [4.78, 5) is 26.1. The first-order valence-electron chi connectivity index (χ1n) is 10.5. The number of carboxylic acids is 1. The van der Waals surface area contributed by atoms with Crippen LogP contribution in [0.4, 0.5) is 5.82 Å². The van der Waals surface area contributed by atoms with Crippen LogP contribution in [0.3, 0.4) is 0 Å². The molecule has 0 bridgehead atoms. The average Bonchev–Trinajstić information content (AvgIpc) is 3.21. The van der Waals surface area contributed by atoms with E-state index in [1.807, 2.05) is 36.5 Å². The zero-order valence-corrected chi connectivity index (χ0v) is 18.1. The summed E-state index contributed by atoms with van der Waals surface area (Å²) in [6.45, 7) is 5.26. The van der Waals surface area contributed by atoms with Gasteiger partial charge < -0.3 is 24.5 Å². The fourth-order valence-electron chi connectivity index (χ4n) is 3.61. The Hall–Kier alpha value is -3.13. The third kappa shape index (κ3) is 4.64. The standard InChI is InChI=1S/C23H28N4O4/c1-23(2,22(28)29)14-31-16-8-10-27(11-9-16)20-7-4-15(13-24-20)21-25-18-6-5-17(30-3)12-19(18)26-21/h4-7,12-13,16H,8-11,14H2,1-3H3,(H,25,26)(H,28,29). The van der Waals surface area contributed by atoms with Crippen LogP contribution in [0.2, 0.25) is 0 Å². The van der Waals surface area contributed by atoms with Gasteiger partial charge in [-0.2, -0.15) is 0 Å². The van der Waals surface area contributed by atoms with Crippen LogP contribution < -0.4 is 9.64 Å². The minimum absolute atomic E-state index is 0.0849. The highest BCUT2D eigenvalue weighted by atomic mass is 16.5. The van der Waals surface area contributed by atoms with Crippen molar-refractivity contribution in [3.63, 3.8) is 0 Å². The van der Waals surface area contributed by atoms with Gasteiger partial charge in [0.2, 0.25) is 0 Å². The minimum Gasteiger partial charge on any atom is -0.497 e. The number of aromatic nitrogens is 3. The highest BCUT2D eigenvalue weighted by Crippen LogP contribution is 2.26. The van der Waals surface area contributed by atoms with Crippen LogP contribution in [0.15, 0.2) is 36.5 Å². The molecule has 1 aliphatic rings. The van der Waals surface area contributed by atoms with Crippen LogP contribution in [0.5, 0.6) is 5.75 Å². The molecular weight excluding hydrogens is 396 g/mol. The van der Waals surface area contributed by atoms with Gasteiger partial charge in [-0.1, -0.05) is 0 Å². The summed E-state index contributed by atoms with van der Waals surface area (Å²) < 4.78 is 11.1. The van der Waals surface area contributed by atoms with Gasteiger partial charge >= 0.3 is 5.97 Å². The van der Waals surface area contributed by atoms with Gasteiger partial charge in [-0.15, -0.1) is 0 Å². The number of anilines is 1. The lowest BCUT2D eigenvalue weighted by molar-refractivity contribution is -0.152. The summed E-state index contributed by atoms with van der Waals surface area (Å²) in [6, 6.07) is 9.79. The molecule has 2 aromatic heterocycles. The maximum absolute atomic E-state index is 11.2. The summed E-state index contributed by atoms with van der Waals surface area (Å²) >= 11 is 0. The molecule has 1 saturated heterocycles. The molecule has 0 radical (unpaired) electrons. The number of piperidine rings is 1. The third-order valence-electron chi connectivity index (χ3n) is 5.74. The molecule has 8 nitrogen and oxygen atoms in total. The summed E-state index contributed by atoms with van der Waals surface area (Å²) in [5.74, 6) is 1.65. The van der Waals surface area contributed by atoms with Crippen molar-refractivity contribution >= 4 is 22.8 Å². The highest BCUT2D eigenvalue weighted by Gasteiger charge is 2.30. The Morgan fingerprint density at radius 3 is 2.68 bits per heavy atom. The monoisotopic (exact) mass is 424 g/mol. The lowest BCUT2D eigenvalue weighted by Crippen LogP contribution is -2.39. The number of aliphatic carboxylic acids is 1. The van der Waals surface area contributed by atoms with E-state index in [1.54, 1.807) is 21.0 Å². The first kappa shape index (κ1) is 21.1. The van der Waals surface area contributed by atoms with E-state index < -0.39 is 11.4 Å². The SMILES string of the molecule is COc1ccc2nc(-c3ccc(N4CCC(OCC(C)(C)C(=O)O)CC4)nc3)[nH]c2c1. The molecule has 8 heteroatoms. The number of hydrogen-bond donors (Lipinski definition) is 2. The fourth-order valence-corrected chi connectivity index (χ4v) is 3.61. The predicted octanol–water partition coefficient (Wildman–Crippen LogP) is 3.73. The van der Waals surface area contributed by atoms with Crippen molar-refractivity contribution in [3.05, 3.63) is 36.5 Å². The molecule has 2 N–H and O–H groups in total. The quantitative estimate of drug-likeness (QED) is 0.596. The number of benzene rings is 1. The molecule has 31 heavy (non-hydrogen) atoms. The first-order chi connectivity index (χ1) is 14.9. The molecular formula is C23H28N4O4. The summed E-state index contributed by atoms with van der Waals surface area (Å²) in [5, 5.41) is 9.22. The summed E-state index contributed by atoms with van der Waals surface area (Å²) in [7, 11) is 1.65. The normalized spacial score (nSPS) is 15.4. The molecule has 0 atom stereocenters. The van der Waals surface area contributed by atoms with E-state index in [2.05, 4.69) is 19.9 Å². The Kier molecular flexibility index (Phi) is 5.82. The Bertz CT molecular complexity index is 1050. The van der Waals surface area contributed by atoms with E-state index in [4.69, 9.17) is 9.47 Å². The maximum atomic E-state index is 11.2. The molecule has 164 valence electrons. The number of methoxy groups -OCH3 is 1. The number of carbonyl (C=O) groups is 1. The van der Waals surface area contributed by atoms with E-state index in [9.17, 15) is 9.90 Å². The van der Waals surface area contributed by atoms with Crippen molar-refractivity contribution in [2.75, 3.05) is 31.7 Å². The second-order valence-electron chi connectivity index (χ2n) is 8.56. The van der Waals surface area contributed by atoms with Gasteiger partial charge in [0.1, 0.15) is 17.4 Å². The lowest BCUT2D eigenvalue weighted by Gasteiger charge is -2.34. The van der Waals surface area contributed by atoms with Crippen LogP contribution in [-0.2, 0) is 9.53 Å². The van der Waals surface area contributed by atoms with Crippen molar-refractivity contribution < 1.29 is 19.4 Å². The predicted molar refractivity (Wildman–Crippen MR) is 118 cm³/mol. The Morgan fingerprint density at radius 2 is 2.03 bits per heavy atom. The summed E-state index contributed by atoms with van der Waals surface area (Å²) in [5.41, 5.74) is 1.86. The summed E-state index contributed by atoms with van der Waals surface area (Å²) in [6.07, 6.45) is 3.62. The number of rotatable bonds is 7. The second-order valence-corrected chi connectivity index (χ2v) is 8.56. The van der Waals surface area contributed by atoms with Crippen LogP contribution in [0.25, 0.3) is 22.4 Å². The van der Waals surface area contributed by atoms with Crippen molar-refractivity contribution in [1.29, 1.82) is 0 Å². The Morgan fingerprint density at radius 1 is 1.26 bits per heavy atom. The number of nitrogens with one attached hydrogen (secondary N) is 1. The van der Waals surface area contributed by atoms with E-state index in [0.717, 1.165) is 59.9 Å². The number of pyridine rings is 1. The van der Waals surface area contributed by atoms with Crippen LogP contribution in [0, 0.1) is 5.41 Å². The molecule has 3 aromatic rings. The van der Waals surface area contributed by atoms with Crippen molar-refractivity contribution in [3.8, 4) is 17.1 Å². The molecule has 1 aliphatic heterocycles. The van der Waals surface area contributed by atoms with Crippen molar-refractivity contribution in [1.82, 2.24) is 15.0 Å². The third-order valence-corrected chi connectivity index (χ3v) is 5.74. The second kappa shape index (κ2) is 8.55. The van der Waals surface area contributed by atoms with Gasteiger partial charge in [0.25, 0.3) is 0 Å². The van der Waals surface area contributed by atoms with Gasteiger partial charge in [0.15, 0.2) is 0 Å². The largest absolute Gasteiger partial charge is 0.497 e. The number of H-pyrrole nitrogens is 1. The van der Waals surface area contributed by atoms with Crippen LogP contribution in [-0.4, -0.2) is 58.9 Å². The zero-order valence-electron chi connectivity index (χ0n) is 18.1. The molecule has 0 aliphatic carbocycles. The Labute approximate surface area is 181 Å². The number of fused-ring (bicyclic) bond motifs is 1. The molecule has 3 heterocycles. The highest BCUT2D eigenvalue weighted by molar-refractivity contribution is 5.80.